The number of nitrogens with zero attached hydrogens (tertiary/aromatic N) is 3. The third-order valence-electron chi connectivity index (χ3n) is 3.89. The van der Waals surface area contributed by atoms with Crippen molar-refractivity contribution in [2.75, 3.05) is 20.8 Å². The van der Waals surface area contributed by atoms with E-state index in [1.165, 1.54) is 6.20 Å². The van der Waals surface area contributed by atoms with Crippen molar-refractivity contribution in [3.8, 4) is 11.5 Å². The zero-order valence-corrected chi connectivity index (χ0v) is 13.3. The van der Waals surface area contributed by atoms with Crippen LogP contribution in [0.4, 0.5) is 0 Å². The molecule has 3 rings (SSSR count). The van der Waals surface area contributed by atoms with Crippen LogP contribution in [0.3, 0.4) is 0 Å². The summed E-state index contributed by atoms with van der Waals surface area (Å²) in [6.45, 7) is 0.710. The van der Waals surface area contributed by atoms with Crippen molar-refractivity contribution in [2.24, 2.45) is 0 Å². The number of benzene rings is 1. The molecule has 22 heavy (non-hydrogen) atoms. The number of methoxy groups -OCH3 is 2. The highest BCUT2D eigenvalue weighted by molar-refractivity contribution is 6.99. The Morgan fingerprint density at radius 2 is 2.23 bits per heavy atom. The van der Waals surface area contributed by atoms with E-state index in [0.29, 0.717) is 12.2 Å². The lowest BCUT2D eigenvalue weighted by atomic mass is 10.0. The van der Waals surface area contributed by atoms with E-state index in [-0.39, 0.29) is 11.9 Å². The number of likely N-dealkylation sites (tertiary alicyclic amines) is 1. The Morgan fingerprint density at radius 3 is 2.91 bits per heavy atom. The van der Waals surface area contributed by atoms with Gasteiger partial charge >= 0.3 is 0 Å². The number of amides is 1. The van der Waals surface area contributed by atoms with Gasteiger partial charge in [0.05, 0.1) is 38.2 Å². The Bertz CT molecular complexity index is 660. The number of carbonyl (C=O) groups is 1. The van der Waals surface area contributed by atoms with Gasteiger partial charge in [-0.05, 0) is 31.0 Å². The van der Waals surface area contributed by atoms with Gasteiger partial charge in [0.1, 0.15) is 11.5 Å². The van der Waals surface area contributed by atoms with Crippen molar-refractivity contribution in [1.82, 2.24) is 13.6 Å². The van der Waals surface area contributed by atoms with Crippen molar-refractivity contribution in [1.29, 1.82) is 0 Å². The van der Waals surface area contributed by atoms with Crippen LogP contribution in [0.25, 0.3) is 0 Å². The molecule has 0 unspecified atom stereocenters. The third-order valence-corrected chi connectivity index (χ3v) is 4.37. The molecule has 2 aromatic rings. The summed E-state index contributed by atoms with van der Waals surface area (Å²) in [7, 11) is 3.26. The van der Waals surface area contributed by atoms with Gasteiger partial charge in [-0.25, -0.2) is 0 Å². The molecule has 1 saturated heterocycles. The molecular weight excluding hydrogens is 302 g/mol. The smallest absolute Gasteiger partial charge is 0.275 e. The Kier molecular flexibility index (Phi) is 4.24. The maximum Gasteiger partial charge on any atom is 0.275 e. The summed E-state index contributed by atoms with van der Waals surface area (Å²) in [6, 6.07) is 5.64. The van der Waals surface area contributed by atoms with E-state index < -0.39 is 0 Å². The lowest BCUT2D eigenvalue weighted by molar-refractivity contribution is 0.0729. The minimum Gasteiger partial charge on any atom is -0.497 e. The molecule has 0 N–H and O–H groups in total. The molecule has 7 heteroatoms. The van der Waals surface area contributed by atoms with Crippen molar-refractivity contribution >= 4 is 17.6 Å². The predicted molar refractivity (Wildman–Crippen MR) is 82.5 cm³/mol. The van der Waals surface area contributed by atoms with E-state index in [9.17, 15) is 4.79 Å². The Morgan fingerprint density at radius 1 is 1.36 bits per heavy atom. The van der Waals surface area contributed by atoms with Crippen LogP contribution in [0, 0.1) is 0 Å². The zero-order valence-electron chi connectivity index (χ0n) is 12.5. The van der Waals surface area contributed by atoms with Gasteiger partial charge in [-0.1, -0.05) is 0 Å². The molecule has 0 saturated carbocycles. The maximum atomic E-state index is 12.6. The lowest BCUT2D eigenvalue weighted by Crippen LogP contribution is -2.31. The summed E-state index contributed by atoms with van der Waals surface area (Å²) in [5.74, 6) is 1.44. The maximum absolute atomic E-state index is 12.6. The minimum absolute atomic E-state index is 0.0285. The second-order valence-corrected chi connectivity index (χ2v) is 5.61. The normalized spacial score (nSPS) is 17.5. The number of aromatic nitrogens is 2. The van der Waals surface area contributed by atoms with Gasteiger partial charge in [0.15, 0.2) is 5.69 Å². The highest BCUT2D eigenvalue weighted by Gasteiger charge is 2.33. The summed E-state index contributed by atoms with van der Waals surface area (Å²) < 4.78 is 18.7. The summed E-state index contributed by atoms with van der Waals surface area (Å²) >= 11 is 1.05. The van der Waals surface area contributed by atoms with Gasteiger partial charge in [-0.3, -0.25) is 4.79 Å². The molecule has 0 spiro atoms. The molecule has 1 aromatic carbocycles. The first kappa shape index (κ1) is 14.8. The van der Waals surface area contributed by atoms with Crippen LogP contribution in [0.2, 0.25) is 0 Å². The zero-order chi connectivity index (χ0) is 15.5. The van der Waals surface area contributed by atoms with Crippen LogP contribution in [0.15, 0.2) is 24.4 Å². The molecule has 6 nitrogen and oxygen atoms in total. The van der Waals surface area contributed by atoms with Gasteiger partial charge in [0.25, 0.3) is 5.91 Å². The minimum atomic E-state index is -0.0823. The fourth-order valence-corrected chi connectivity index (χ4v) is 3.25. The molecular formula is C15H17N3O3S. The predicted octanol–water partition coefficient (Wildman–Crippen LogP) is 2.53. The van der Waals surface area contributed by atoms with E-state index in [1.54, 1.807) is 14.2 Å². The molecule has 1 aliphatic rings. The van der Waals surface area contributed by atoms with Crippen LogP contribution in [0.1, 0.15) is 34.9 Å². The Hall–Kier alpha value is -2.15. The molecule has 1 fully saturated rings. The van der Waals surface area contributed by atoms with Crippen LogP contribution in [0.5, 0.6) is 11.5 Å². The van der Waals surface area contributed by atoms with Gasteiger partial charge in [-0.15, -0.1) is 0 Å². The molecule has 1 aliphatic heterocycles. The van der Waals surface area contributed by atoms with Crippen LogP contribution in [-0.2, 0) is 0 Å². The third kappa shape index (κ3) is 2.64. The SMILES string of the molecule is COc1ccc(OC)c([C@@H]2CCCN2C(=O)c2cnsn2)c1. The number of ether oxygens (including phenoxy) is 2. The summed E-state index contributed by atoms with van der Waals surface area (Å²) in [4.78, 5) is 14.4. The van der Waals surface area contributed by atoms with Crippen LogP contribution in [-0.4, -0.2) is 40.3 Å². The molecule has 1 amide bonds. The molecule has 0 radical (unpaired) electrons. The molecule has 1 aromatic heterocycles. The first-order valence-corrected chi connectivity index (χ1v) is 7.78. The van der Waals surface area contributed by atoms with Crippen LogP contribution >= 0.6 is 11.7 Å². The van der Waals surface area contributed by atoms with Gasteiger partial charge < -0.3 is 14.4 Å². The first-order chi connectivity index (χ1) is 10.7. The largest absolute Gasteiger partial charge is 0.497 e. The van der Waals surface area contributed by atoms with E-state index >= 15 is 0 Å². The highest BCUT2D eigenvalue weighted by Crippen LogP contribution is 2.39. The standard InChI is InChI=1S/C15H17N3O3S/c1-20-10-5-6-14(21-2)11(8-10)13-4-3-7-18(13)15(19)12-9-16-22-17-12/h5-6,8-9,13H,3-4,7H2,1-2H3/t13-/m0/s1. The fraction of sp³-hybridized carbons (Fsp3) is 0.400. The quantitative estimate of drug-likeness (QED) is 0.866. The number of carbonyl (C=O) groups excluding carboxylic acids is 1. The van der Waals surface area contributed by atoms with Gasteiger partial charge in [0.2, 0.25) is 0 Å². The molecule has 0 bridgehead atoms. The molecule has 1 atom stereocenters. The van der Waals surface area contributed by atoms with Crippen molar-refractivity contribution in [3.05, 3.63) is 35.7 Å². The summed E-state index contributed by atoms with van der Waals surface area (Å²) in [5.41, 5.74) is 1.37. The van der Waals surface area contributed by atoms with Crippen molar-refractivity contribution in [2.45, 2.75) is 18.9 Å². The second kappa shape index (κ2) is 6.31. The van der Waals surface area contributed by atoms with Gasteiger partial charge in [0, 0.05) is 12.1 Å². The molecule has 2 heterocycles. The topological polar surface area (TPSA) is 64.6 Å². The lowest BCUT2D eigenvalue weighted by Gasteiger charge is -2.26. The number of hydrogen-bond donors (Lipinski definition) is 0. The van der Waals surface area contributed by atoms with E-state index in [1.807, 2.05) is 23.1 Å². The first-order valence-electron chi connectivity index (χ1n) is 7.05. The Balaban J connectivity index is 1.94. The average Bonchev–Trinajstić information content (AvgIpc) is 3.24. The van der Waals surface area contributed by atoms with E-state index in [4.69, 9.17) is 9.47 Å². The second-order valence-electron chi connectivity index (χ2n) is 5.06. The average molecular weight is 319 g/mol. The fourth-order valence-electron chi connectivity index (χ4n) is 2.84. The van der Waals surface area contributed by atoms with Crippen molar-refractivity contribution in [3.63, 3.8) is 0 Å². The highest BCUT2D eigenvalue weighted by atomic mass is 32.1. The number of rotatable bonds is 4. The van der Waals surface area contributed by atoms with Crippen molar-refractivity contribution < 1.29 is 14.3 Å². The van der Waals surface area contributed by atoms with E-state index in [2.05, 4.69) is 8.75 Å². The molecule has 116 valence electrons. The van der Waals surface area contributed by atoms with Crippen LogP contribution < -0.4 is 9.47 Å². The summed E-state index contributed by atoms with van der Waals surface area (Å²) in [6.07, 6.45) is 3.37. The summed E-state index contributed by atoms with van der Waals surface area (Å²) in [5, 5.41) is 0. The van der Waals surface area contributed by atoms with Gasteiger partial charge in [-0.2, -0.15) is 8.75 Å². The number of hydrogen-bond acceptors (Lipinski definition) is 6. The Labute approximate surface area is 133 Å². The molecule has 0 aliphatic carbocycles. The monoisotopic (exact) mass is 319 g/mol. The van der Waals surface area contributed by atoms with E-state index in [0.717, 1.165) is 41.6 Å².